The Hall–Kier alpha value is -6.57. The first-order valence-electron chi connectivity index (χ1n) is 15.1. The first kappa shape index (κ1) is 35.3. The van der Waals surface area contributed by atoms with Crippen molar-refractivity contribution < 1.29 is 32.9 Å². The molecule has 0 radical (unpaired) electrons. The number of ether oxygens (including phenoxy) is 4. The largest absolute Gasteiger partial charge is 0.458 e. The van der Waals surface area contributed by atoms with Crippen LogP contribution in [-0.2, 0) is 20.7 Å². The summed E-state index contributed by atoms with van der Waals surface area (Å²) in [5.41, 5.74) is 5.03. The summed E-state index contributed by atoms with van der Waals surface area (Å²) >= 11 is 0. The Bertz CT molecular complexity index is 1970. The summed E-state index contributed by atoms with van der Waals surface area (Å²) in [7, 11) is 0. The van der Waals surface area contributed by atoms with Gasteiger partial charge in [0.25, 0.3) is 0 Å². The van der Waals surface area contributed by atoms with Crippen molar-refractivity contribution in [3.63, 3.8) is 0 Å². The van der Waals surface area contributed by atoms with Crippen molar-refractivity contribution in [1.29, 1.82) is 0 Å². The lowest BCUT2D eigenvalue weighted by Crippen LogP contribution is -2.07. The topological polar surface area (TPSA) is 71.1 Å². The van der Waals surface area contributed by atoms with Crippen LogP contribution in [0.25, 0.3) is 11.1 Å². The first-order valence-corrected chi connectivity index (χ1v) is 15.1. The number of halogens is 1. The second kappa shape index (κ2) is 17.9. The van der Waals surface area contributed by atoms with E-state index in [4.69, 9.17) is 18.9 Å². The number of allylic oxidation sites excluding steroid dienone is 1. The first-order chi connectivity index (χ1) is 23.8. The van der Waals surface area contributed by atoms with E-state index in [2.05, 4.69) is 50.0 Å². The minimum absolute atomic E-state index is 0.0132. The summed E-state index contributed by atoms with van der Waals surface area (Å²) in [4.78, 5) is 23.7. The number of aryl methyl sites for hydroxylation is 1. The molecule has 0 aliphatic rings. The van der Waals surface area contributed by atoms with Gasteiger partial charge in [0.15, 0.2) is 0 Å². The van der Waals surface area contributed by atoms with Crippen molar-refractivity contribution in [2.24, 2.45) is 0 Å². The highest BCUT2D eigenvalue weighted by Crippen LogP contribution is 2.32. The third-order valence-corrected chi connectivity index (χ3v) is 6.83. The normalized spacial score (nSPS) is 9.82. The average molecular weight is 653 g/mol. The molecule has 7 heteroatoms. The number of hydrogen-bond acceptors (Lipinski definition) is 6. The zero-order chi connectivity index (χ0) is 35.0. The Morgan fingerprint density at radius 3 is 1.80 bits per heavy atom. The summed E-state index contributed by atoms with van der Waals surface area (Å²) in [6, 6.07) is 25.1. The van der Waals surface area contributed by atoms with E-state index in [1.807, 2.05) is 30.3 Å². The van der Waals surface area contributed by atoms with E-state index in [-0.39, 0.29) is 19.0 Å². The Labute approximate surface area is 285 Å². The van der Waals surface area contributed by atoms with Crippen LogP contribution in [0.2, 0.25) is 0 Å². The van der Waals surface area contributed by atoms with E-state index in [1.54, 1.807) is 54.6 Å². The fraction of sp³-hybridized carbons (Fsp3) is 0.0952. The van der Waals surface area contributed by atoms with Gasteiger partial charge in [0.05, 0.1) is 12.2 Å². The highest BCUT2D eigenvalue weighted by Gasteiger charge is 2.15. The molecule has 0 N–H and O–H groups in total. The van der Waals surface area contributed by atoms with Crippen LogP contribution in [0.3, 0.4) is 0 Å². The minimum atomic E-state index is -0.642. The van der Waals surface area contributed by atoms with Gasteiger partial charge in [-0.1, -0.05) is 62.1 Å². The molecular formula is C42H33FO6. The van der Waals surface area contributed by atoms with Crippen molar-refractivity contribution >= 4 is 11.9 Å². The predicted molar refractivity (Wildman–Crippen MR) is 189 cm³/mol. The summed E-state index contributed by atoms with van der Waals surface area (Å²) in [6.45, 7) is 13.6. The Morgan fingerprint density at radius 1 is 0.673 bits per heavy atom. The molecule has 4 aromatic carbocycles. The molecular weight excluding hydrogens is 619 g/mol. The number of carbonyl (C=O) groups is 2. The van der Waals surface area contributed by atoms with Crippen LogP contribution >= 0.6 is 0 Å². The number of hydrogen-bond donors (Lipinski definition) is 0. The van der Waals surface area contributed by atoms with Gasteiger partial charge in [0.1, 0.15) is 23.0 Å². The average Bonchev–Trinajstić information content (AvgIpc) is 3.13. The molecule has 0 fully saturated rings. The summed E-state index contributed by atoms with van der Waals surface area (Å²) in [6.07, 6.45) is 4.31. The van der Waals surface area contributed by atoms with Gasteiger partial charge in [-0.25, -0.2) is 9.59 Å². The fourth-order valence-electron chi connectivity index (χ4n) is 4.32. The molecule has 0 aliphatic heterocycles. The third-order valence-electron chi connectivity index (χ3n) is 6.83. The molecule has 4 aromatic rings. The molecule has 0 saturated heterocycles. The molecule has 0 spiro atoms. The highest BCUT2D eigenvalue weighted by molar-refractivity contribution is 5.85. The number of rotatable bonds is 13. The molecule has 4 rings (SSSR count). The van der Waals surface area contributed by atoms with Crippen molar-refractivity contribution in [2.75, 3.05) is 13.5 Å². The lowest BCUT2D eigenvalue weighted by Gasteiger charge is -2.14. The lowest BCUT2D eigenvalue weighted by atomic mass is 9.95. The fourth-order valence-corrected chi connectivity index (χ4v) is 4.32. The van der Waals surface area contributed by atoms with Gasteiger partial charge in [0, 0.05) is 28.8 Å². The minimum Gasteiger partial charge on any atom is -0.458 e. The number of carbonyl (C=O) groups excluding carboxylic acids is 2. The third kappa shape index (κ3) is 10.7. The quantitative estimate of drug-likeness (QED) is 0.0275. The molecule has 0 amide bonds. The number of alkyl halides is 1. The van der Waals surface area contributed by atoms with Crippen molar-refractivity contribution in [2.45, 2.75) is 12.8 Å². The van der Waals surface area contributed by atoms with Crippen LogP contribution < -0.4 is 14.2 Å². The van der Waals surface area contributed by atoms with Crippen LogP contribution in [0.5, 0.6) is 17.2 Å². The molecule has 244 valence electrons. The van der Waals surface area contributed by atoms with Gasteiger partial charge >= 0.3 is 11.9 Å². The van der Waals surface area contributed by atoms with Crippen LogP contribution in [0, 0.1) is 23.7 Å². The molecule has 0 saturated carbocycles. The molecule has 6 nitrogen and oxygen atoms in total. The molecule has 0 aromatic heterocycles. The lowest BCUT2D eigenvalue weighted by molar-refractivity contribution is -0.129. The van der Waals surface area contributed by atoms with Crippen LogP contribution in [0.4, 0.5) is 4.39 Å². The van der Waals surface area contributed by atoms with Gasteiger partial charge in [0.2, 0.25) is 6.79 Å². The van der Waals surface area contributed by atoms with E-state index in [9.17, 15) is 14.0 Å². The van der Waals surface area contributed by atoms with Crippen molar-refractivity contribution in [1.82, 2.24) is 0 Å². The molecule has 0 bridgehead atoms. The Morgan fingerprint density at radius 2 is 1.22 bits per heavy atom. The maximum atomic E-state index is 13.4. The SMILES string of the molecule is C=CC(=C)OCOc1ccc(C#Cc2c(CCCF)cc(-c3ccc(C#Cc4ccc(OC(=O)C=C)cc4)cc3)cc2OC(=O)C=C)cc1. The van der Waals surface area contributed by atoms with E-state index < -0.39 is 18.6 Å². The predicted octanol–water partition coefficient (Wildman–Crippen LogP) is 8.29. The summed E-state index contributed by atoms with van der Waals surface area (Å²) < 4.78 is 34.9. The van der Waals surface area contributed by atoms with E-state index in [1.165, 1.54) is 6.08 Å². The molecule has 0 atom stereocenters. The summed E-state index contributed by atoms with van der Waals surface area (Å²) in [5, 5.41) is 0. The van der Waals surface area contributed by atoms with E-state index >= 15 is 0 Å². The molecule has 0 heterocycles. The zero-order valence-corrected chi connectivity index (χ0v) is 26.8. The van der Waals surface area contributed by atoms with Crippen LogP contribution in [-0.4, -0.2) is 25.4 Å². The molecule has 0 unspecified atom stereocenters. The molecule has 49 heavy (non-hydrogen) atoms. The second-order valence-corrected chi connectivity index (χ2v) is 10.3. The standard InChI is InChI=1S/C42H33FO6/c1-5-30(4)46-29-47-37-21-14-33(15-22-37)18-25-39-35(9-8-26-43)27-36(28-40(39)49-42(45)7-3)34-19-12-31(13-20-34)10-11-32-16-23-38(24-17-32)48-41(44)6-2/h5-7,12-17,19-24,27-28H,1-4,8-9,26,29H2. The van der Waals surface area contributed by atoms with Gasteiger partial charge < -0.3 is 18.9 Å². The second-order valence-electron chi connectivity index (χ2n) is 10.3. The Balaban J connectivity index is 1.60. The van der Waals surface area contributed by atoms with Gasteiger partial charge in [-0.05, 0) is 108 Å². The van der Waals surface area contributed by atoms with Crippen LogP contribution in [0.1, 0.15) is 34.2 Å². The van der Waals surface area contributed by atoms with Gasteiger partial charge in [-0.3, -0.25) is 4.39 Å². The van der Waals surface area contributed by atoms with Crippen molar-refractivity contribution in [3.8, 4) is 52.1 Å². The maximum absolute atomic E-state index is 13.4. The van der Waals surface area contributed by atoms with Crippen molar-refractivity contribution in [3.05, 3.63) is 163 Å². The number of benzene rings is 4. The monoisotopic (exact) mass is 652 g/mol. The highest BCUT2D eigenvalue weighted by atomic mass is 19.1. The van der Waals surface area contributed by atoms with E-state index in [0.717, 1.165) is 40.0 Å². The van der Waals surface area contributed by atoms with Gasteiger partial charge in [-0.2, -0.15) is 0 Å². The Kier molecular flexibility index (Phi) is 12.9. The maximum Gasteiger partial charge on any atom is 0.335 e. The zero-order valence-electron chi connectivity index (χ0n) is 26.8. The number of esters is 2. The molecule has 0 aliphatic carbocycles. The summed E-state index contributed by atoms with van der Waals surface area (Å²) in [5.74, 6) is 12.9. The van der Waals surface area contributed by atoms with Crippen LogP contribution in [0.15, 0.2) is 135 Å². The smallest absolute Gasteiger partial charge is 0.335 e. The van der Waals surface area contributed by atoms with Gasteiger partial charge in [-0.15, -0.1) is 0 Å². The van der Waals surface area contributed by atoms with E-state index in [0.29, 0.717) is 34.8 Å².